The molecule has 19 heavy (non-hydrogen) atoms. The van der Waals surface area contributed by atoms with Gasteiger partial charge in [0.1, 0.15) is 5.75 Å². The molecule has 0 bridgehead atoms. The van der Waals surface area contributed by atoms with Gasteiger partial charge in [0.15, 0.2) is 0 Å². The Morgan fingerprint density at radius 3 is 2.89 bits per heavy atom. The van der Waals surface area contributed by atoms with Gasteiger partial charge in [0.2, 0.25) is 0 Å². The maximum Gasteiger partial charge on any atom is 0.253 e. The Kier molecular flexibility index (Phi) is 2.83. The first-order valence-corrected chi connectivity index (χ1v) is 6.12. The third kappa shape index (κ3) is 2.24. The van der Waals surface area contributed by atoms with E-state index in [0.29, 0.717) is 24.5 Å². The van der Waals surface area contributed by atoms with Crippen LogP contribution in [0.15, 0.2) is 24.3 Å². The highest BCUT2D eigenvalue weighted by Gasteiger charge is 2.22. The molecule has 0 atom stereocenters. The van der Waals surface area contributed by atoms with Gasteiger partial charge in [0.25, 0.3) is 5.91 Å². The van der Waals surface area contributed by atoms with Crippen molar-refractivity contribution in [2.45, 2.75) is 13.0 Å². The SMILES string of the molecule is Cc1nc2ccc(O)cc2cc1C(=O)NC1COC1. The standard InChI is InChI=1S/C14H14N2O3/c1-8-12(14(18)16-10-6-19-7-10)5-9-4-11(17)2-3-13(9)15-8/h2-5,10,17H,6-7H2,1H3,(H,16,18). The van der Waals surface area contributed by atoms with Crippen LogP contribution in [0.1, 0.15) is 16.1 Å². The van der Waals surface area contributed by atoms with E-state index in [-0.39, 0.29) is 17.7 Å². The van der Waals surface area contributed by atoms with Crippen LogP contribution in [0.2, 0.25) is 0 Å². The fourth-order valence-corrected chi connectivity index (χ4v) is 2.07. The molecule has 0 radical (unpaired) electrons. The number of rotatable bonds is 2. The topological polar surface area (TPSA) is 71.5 Å². The van der Waals surface area contributed by atoms with E-state index in [9.17, 15) is 9.90 Å². The number of ether oxygens (including phenoxy) is 1. The fraction of sp³-hybridized carbons (Fsp3) is 0.286. The lowest BCUT2D eigenvalue weighted by molar-refractivity contribution is -0.00347. The molecule has 1 fully saturated rings. The summed E-state index contributed by atoms with van der Waals surface area (Å²) >= 11 is 0. The van der Waals surface area contributed by atoms with Crippen LogP contribution in [0.5, 0.6) is 5.75 Å². The molecule has 1 aromatic heterocycles. The van der Waals surface area contributed by atoms with E-state index < -0.39 is 0 Å². The highest BCUT2D eigenvalue weighted by Crippen LogP contribution is 2.21. The zero-order valence-electron chi connectivity index (χ0n) is 10.5. The summed E-state index contributed by atoms with van der Waals surface area (Å²) in [7, 11) is 0. The number of amides is 1. The highest BCUT2D eigenvalue weighted by molar-refractivity contribution is 5.99. The van der Waals surface area contributed by atoms with Crippen molar-refractivity contribution >= 4 is 16.8 Å². The van der Waals surface area contributed by atoms with Gasteiger partial charge in [-0.15, -0.1) is 0 Å². The Bertz CT molecular complexity index is 650. The Hall–Kier alpha value is -2.14. The number of nitrogens with one attached hydrogen (secondary N) is 1. The molecule has 0 spiro atoms. The fourth-order valence-electron chi connectivity index (χ4n) is 2.07. The first-order valence-electron chi connectivity index (χ1n) is 6.12. The van der Waals surface area contributed by atoms with Crippen LogP contribution in [0.25, 0.3) is 10.9 Å². The number of aromatic hydroxyl groups is 1. The number of carbonyl (C=O) groups is 1. The number of nitrogens with zero attached hydrogens (tertiary/aromatic N) is 1. The largest absolute Gasteiger partial charge is 0.508 e. The van der Waals surface area contributed by atoms with Gasteiger partial charge < -0.3 is 15.2 Å². The van der Waals surface area contributed by atoms with Gasteiger partial charge in [-0.2, -0.15) is 0 Å². The molecule has 0 unspecified atom stereocenters. The number of carbonyl (C=O) groups excluding carboxylic acids is 1. The van der Waals surface area contributed by atoms with Crippen molar-refractivity contribution in [3.63, 3.8) is 0 Å². The number of pyridine rings is 1. The Balaban J connectivity index is 1.97. The minimum Gasteiger partial charge on any atom is -0.508 e. The third-order valence-corrected chi connectivity index (χ3v) is 3.21. The molecule has 2 N–H and O–H groups in total. The van der Waals surface area contributed by atoms with Crippen LogP contribution < -0.4 is 5.32 Å². The van der Waals surface area contributed by atoms with Crippen molar-refractivity contribution in [2.75, 3.05) is 13.2 Å². The van der Waals surface area contributed by atoms with E-state index in [0.717, 1.165) is 10.9 Å². The van der Waals surface area contributed by atoms with E-state index in [1.54, 1.807) is 31.2 Å². The molecule has 1 amide bonds. The molecule has 0 saturated carbocycles. The molecule has 2 heterocycles. The predicted molar refractivity (Wildman–Crippen MR) is 70.2 cm³/mol. The van der Waals surface area contributed by atoms with E-state index >= 15 is 0 Å². The summed E-state index contributed by atoms with van der Waals surface area (Å²) in [4.78, 5) is 16.5. The molecule has 2 aromatic rings. The summed E-state index contributed by atoms with van der Waals surface area (Å²) in [5.41, 5.74) is 1.97. The second kappa shape index (κ2) is 4.51. The molecule has 3 rings (SSSR count). The van der Waals surface area contributed by atoms with Gasteiger partial charge in [0, 0.05) is 5.39 Å². The van der Waals surface area contributed by atoms with Crippen molar-refractivity contribution in [1.29, 1.82) is 0 Å². The molecule has 0 aliphatic carbocycles. The van der Waals surface area contributed by atoms with Gasteiger partial charge in [-0.05, 0) is 31.2 Å². The van der Waals surface area contributed by atoms with E-state index in [2.05, 4.69) is 10.3 Å². The van der Waals surface area contributed by atoms with E-state index in [1.165, 1.54) is 0 Å². The zero-order valence-corrected chi connectivity index (χ0v) is 10.5. The van der Waals surface area contributed by atoms with Gasteiger partial charge in [-0.3, -0.25) is 9.78 Å². The number of hydrogen-bond donors (Lipinski definition) is 2. The van der Waals surface area contributed by atoms with E-state index in [4.69, 9.17) is 4.74 Å². The molecule has 5 nitrogen and oxygen atoms in total. The van der Waals surface area contributed by atoms with Gasteiger partial charge in [0.05, 0.1) is 36.0 Å². The lowest BCUT2D eigenvalue weighted by Gasteiger charge is -2.27. The Morgan fingerprint density at radius 2 is 2.21 bits per heavy atom. The minimum absolute atomic E-state index is 0.0896. The zero-order chi connectivity index (χ0) is 13.4. The molecule has 1 saturated heterocycles. The van der Waals surface area contributed by atoms with Gasteiger partial charge in [-0.1, -0.05) is 0 Å². The number of aromatic nitrogens is 1. The summed E-state index contributed by atoms with van der Waals surface area (Å²) in [6.07, 6.45) is 0. The summed E-state index contributed by atoms with van der Waals surface area (Å²) in [6.45, 7) is 2.93. The first kappa shape index (κ1) is 11.9. The van der Waals surface area contributed by atoms with Crippen molar-refractivity contribution in [3.8, 4) is 5.75 Å². The number of benzene rings is 1. The maximum atomic E-state index is 12.1. The minimum atomic E-state index is -0.149. The molecule has 5 heteroatoms. The van der Waals surface area contributed by atoms with Crippen LogP contribution in [-0.4, -0.2) is 35.3 Å². The predicted octanol–water partition coefficient (Wildman–Crippen LogP) is 1.38. The Labute approximate surface area is 110 Å². The quantitative estimate of drug-likeness (QED) is 0.853. The normalized spacial score (nSPS) is 15.2. The third-order valence-electron chi connectivity index (χ3n) is 3.21. The molecule has 1 aliphatic heterocycles. The number of aryl methyl sites for hydroxylation is 1. The highest BCUT2D eigenvalue weighted by atomic mass is 16.5. The molecular weight excluding hydrogens is 244 g/mol. The lowest BCUT2D eigenvalue weighted by Crippen LogP contribution is -2.48. The smallest absolute Gasteiger partial charge is 0.253 e. The van der Waals surface area contributed by atoms with Crippen LogP contribution in [0, 0.1) is 6.92 Å². The van der Waals surface area contributed by atoms with Crippen LogP contribution >= 0.6 is 0 Å². The Morgan fingerprint density at radius 1 is 1.42 bits per heavy atom. The lowest BCUT2D eigenvalue weighted by atomic mass is 10.1. The first-order chi connectivity index (χ1) is 9.13. The van der Waals surface area contributed by atoms with Crippen LogP contribution in [0.3, 0.4) is 0 Å². The van der Waals surface area contributed by atoms with Crippen molar-refractivity contribution in [3.05, 3.63) is 35.5 Å². The number of phenols is 1. The van der Waals surface area contributed by atoms with Crippen molar-refractivity contribution in [1.82, 2.24) is 10.3 Å². The van der Waals surface area contributed by atoms with Gasteiger partial charge in [-0.25, -0.2) is 0 Å². The summed E-state index contributed by atoms with van der Waals surface area (Å²) < 4.78 is 5.02. The molecular formula is C14H14N2O3. The summed E-state index contributed by atoms with van der Waals surface area (Å²) in [5.74, 6) is 0.0143. The van der Waals surface area contributed by atoms with Crippen molar-refractivity contribution in [2.24, 2.45) is 0 Å². The second-order valence-corrected chi connectivity index (χ2v) is 4.71. The maximum absolute atomic E-state index is 12.1. The number of hydrogen-bond acceptors (Lipinski definition) is 4. The second-order valence-electron chi connectivity index (χ2n) is 4.71. The number of phenolic OH excluding ortho intramolecular Hbond substituents is 1. The number of fused-ring (bicyclic) bond motifs is 1. The van der Waals surface area contributed by atoms with Crippen LogP contribution in [-0.2, 0) is 4.74 Å². The average molecular weight is 258 g/mol. The van der Waals surface area contributed by atoms with E-state index in [1.807, 2.05) is 0 Å². The van der Waals surface area contributed by atoms with Crippen molar-refractivity contribution < 1.29 is 14.6 Å². The van der Waals surface area contributed by atoms with Gasteiger partial charge >= 0.3 is 0 Å². The molecule has 98 valence electrons. The van der Waals surface area contributed by atoms with Crippen LogP contribution in [0.4, 0.5) is 0 Å². The summed E-state index contributed by atoms with van der Waals surface area (Å²) in [6, 6.07) is 6.77. The molecule has 1 aromatic carbocycles. The monoisotopic (exact) mass is 258 g/mol. The molecule has 1 aliphatic rings. The summed E-state index contributed by atoms with van der Waals surface area (Å²) in [5, 5.41) is 13.1. The average Bonchev–Trinajstić information content (AvgIpc) is 2.33.